The number of hydrogen-bond donors (Lipinski definition) is 1. The quantitative estimate of drug-likeness (QED) is 0.530. The highest BCUT2D eigenvalue weighted by Gasteiger charge is 2.31. The average Bonchev–Trinajstić information content (AvgIpc) is 2.67. The topological polar surface area (TPSA) is 29.1 Å². The van der Waals surface area contributed by atoms with Crippen LogP contribution in [0.1, 0.15) is 16.4 Å². The highest BCUT2D eigenvalue weighted by Crippen LogP contribution is 2.36. The van der Waals surface area contributed by atoms with Crippen molar-refractivity contribution in [3.8, 4) is 0 Å². The van der Waals surface area contributed by atoms with Gasteiger partial charge in [-0.15, -0.1) is 11.8 Å². The number of rotatable bonds is 5. The van der Waals surface area contributed by atoms with Crippen molar-refractivity contribution in [3.05, 3.63) is 96.1 Å². The number of hydrogen-bond acceptors (Lipinski definition) is 2. The maximum Gasteiger partial charge on any atom is 0.416 e. The van der Waals surface area contributed by atoms with Gasteiger partial charge in [-0.25, -0.2) is 0 Å². The normalized spacial score (nSPS) is 12.4. The minimum atomic E-state index is -4.46. The van der Waals surface area contributed by atoms with Crippen molar-refractivity contribution in [1.29, 1.82) is 0 Å². The number of nitrogens with one attached hydrogen (secondary N) is 1. The van der Waals surface area contributed by atoms with Crippen molar-refractivity contribution in [2.75, 3.05) is 5.32 Å². The molecule has 0 radical (unpaired) electrons. The number of amides is 1. The monoisotopic (exact) mass is 387 g/mol. The molecule has 3 rings (SSSR count). The van der Waals surface area contributed by atoms with Gasteiger partial charge in [0.05, 0.1) is 5.56 Å². The Bertz CT molecular complexity index is 898. The Morgan fingerprint density at radius 1 is 0.852 bits per heavy atom. The second-order valence-electron chi connectivity index (χ2n) is 5.79. The molecule has 3 aromatic rings. The fourth-order valence-corrected chi connectivity index (χ4v) is 3.56. The van der Waals surface area contributed by atoms with Crippen LogP contribution >= 0.6 is 11.8 Å². The number of benzene rings is 3. The second-order valence-corrected chi connectivity index (χ2v) is 6.97. The molecule has 0 aliphatic heterocycles. The average molecular weight is 387 g/mol. The first-order valence-electron chi connectivity index (χ1n) is 8.18. The predicted octanol–water partition coefficient (Wildman–Crippen LogP) is 6.18. The van der Waals surface area contributed by atoms with Crippen LogP contribution in [0.2, 0.25) is 0 Å². The van der Waals surface area contributed by atoms with Crippen LogP contribution in [-0.2, 0) is 11.0 Å². The molecular formula is C21H16F3NOS. The van der Waals surface area contributed by atoms with E-state index in [1.807, 2.05) is 60.7 Å². The lowest BCUT2D eigenvalue weighted by Gasteiger charge is -2.17. The van der Waals surface area contributed by atoms with E-state index in [4.69, 9.17) is 0 Å². The van der Waals surface area contributed by atoms with Crippen LogP contribution in [-0.4, -0.2) is 5.91 Å². The van der Waals surface area contributed by atoms with Crippen molar-refractivity contribution in [2.45, 2.75) is 16.3 Å². The van der Waals surface area contributed by atoms with E-state index in [0.717, 1.165) is 22.6 Å². The predicted molar refractivity (Wildman–Crippen MR) is 102 cm³/mol. The molecule has 0 fully saturated rings. The highest BCUT2D eigenvalue weighted by atomic mass is 32.2. The Morgan fingerprint density at radius 3 is 2.11 bits per heavy atom. The number of carbonyl (C=O) groups is 1. The fraction of sp³-hybridized carbons (Fsp3) is 0.0952. The molecule has 0 bridgehead atoms. The molecule has 0 aliphatic rings. The molecule has 3 aromatic carbocycles. The summed E-state index contributed by atoms with van der Waals surface area (Å²) in [6.07, 6.45) is -4.46. The van der Waals surface area contributed by atoms with Gasteiger partial charge in [0.25, 0.3) is 0 Å². The van der Waals surface area contributed by atoms with Gasteiger partial charge in [-0.1, -0.05) is 54.6 Å². The standard InChI is InChI=1S/C21H16F3NOS/c22-21(23,24)16-10-7-11-17(14-16)25-20(26)19(15-8-3-1-4-9-15)27-18-12-5-2-6-13-18/h1-14,19H,(H,25,26)/t19-/m0/s1. The maximum absolute atomic E-state index is 12.9. The van der Waals surface area contributed by atoms with E-state index in [0.29, 0.717) is 0 Å². The fourth-order valence-electron chi connectivity index (χ4n) is 2.52. The van der Waals surface area contributed by atoms with E-state index in [2.05, 4.69) is 5.32 Å². The SMILES string of the molecule is O=C(Nc1cccc(C(F)(F)F)c1)[C@@H](Sc1ccccc1)c1ccccc1. The van der Waals surface area contributed by atoms with E-state index >= 15 is 0 Å². The molecule has 27 heavy (non-hydrogen) atoms. The minimum absolute atomic E-state index is 0.115. The van der Waals surface area contributed by atoms with Crippen molar-refractivity contribution in [3.63, 3.8) is 0 Å². The summed E-state index contributed by atoms with van der Waals surface area (Å²) < 4.78 is 38.7. The van der Waals surface area contributed by atoms with Crippen LogP contribution in [0.15, 0.2) is 89.8 Å². The van der Waals surface area contributed by atoms with Crippen LogP contribution in [0, 0.1) is 0 Å². The third-order valence-corrected chi connectivity index (χ3v) is 5.06. The first kappa shape index (κ1) is 19.0. The Hall–Kier alpha value is -2.73. The Kier molecular flexibility index (Phi) is 5.86. The summed E-state index contributed by atoms with van der Waals surface area (Å²) in [6, 6.07) is 23.2. The lowest BCUT2D eigenvalue weighted by atomic mass is 10.1. The van der Waals surface area contributed by atoms with E-state index in [9.17, 15) is 18.0 Å². The molecule has 1 N–H and O–H groups in total. The number of alkyl halides is 3. The Morgan fingerprint density at radius 2 is 1.48 bits per heavy atom. The lowest BCUT2D eigenvalue weighted by molar-refractivity contribution is -0.137. The molecule has 0 spiro atoms. The number of carbonyl (C=O) groups excluding carboxylic acids is 1. The van der Waals surface area contributed by atoms with Crippen LogP contribution in [0.25, 0.3) is 0 Å². The van der Waals surface area contributed by atoms with Crippen LogP contribution < -0.4 is 5.32 Å². The van der Waals surface area contributed by atoms with Crippen LogP contribution in [0.5, 0.6) is 0 Å². The van der Waals surface area contributed by atoms with Gasteiger partial charge in [-0.3, -0.25) is 4.79 Å². The molecular weight excluding hydrogens is 371 g/mol. The van der Waals surface area contributed by atoms with Gasteiger partial charge in [0.2, 0.25) is 5.91 Å². The summed E-state index contributed by atoms with van der Waals surface area (Å²) in [6.45, 7) is 0. The van der Waals surface area contributed by atoms with E-state index < -0.39 is 17.0 Å². The van der Waals surface area contributed by atoms with E-state index in [1.165, 1.54) is 23.9 Å². The van der Waals surface area contributed by atoms with E-state index in [1.54, 1.807) is 0 Å². The first-order chi connectivity index (χ1) is 12.9. The molecule has 0 unspecified atom stereocenters. The van der Waals surface area contributed by atoms with Gasteiger partial charge in [0.1, 0.15) is 5.25 Å². The molecule has 0 heterocycles. The highest BCUT2D eigenvalue weighted by molar-refractivity contribution is 8.00. The van der Waals surface area contributed by atoms with Gasteiger partial charge < -0.3 is 5.32 Å². The van der Waals surface area contributed by atoms with Crippen molar-refractivity contribution < 1.29 is 18.0 Å². The largest absolute Gasteiger partial charge is 0.416 e. The Labute approximate surface area is 159 Å². The third-order valence-electron chi connectivity index (χ3n) is 3.80. The van der Waals surface area contributed by atoms with Gasteiger partial charge in [-0.05, 0) is 35.9 Å². The lowest BCUT2D eigenvalue weighted by Crippen LogP contribution is -2.19. The summed E-state index contributed by atoms with van der Waals surface area (Å²) in [5.41, 5.74) is 0.0903. The zero-order valence-electron chi connectivity index (χ0n) is 14.1. The van der Waals surface area contributed by atoms with Crippen molar-refractivity contribution in [1.82, 2.24) is 0 Å². The molecule has 1 amide bonds. The number of anilines is 1. The second kappa shape index (κ2) is 8.31. The third kappa shape index (κ3) is 5.14. The van der Waals surface area contributed by atoms with Gasteiger partial charge in [0, 0.05) is 10.6 Å². The molecule has 6 heteroatoms. The smallest absolute Gasteiger partial charge is 0.325 e. The number of thioether (sulfide) groups is 1. The maximum atomic E-state index is 12.9. The van der Waals surface area contributed by atoms with Gasteiger partial charge >= 0.3 is 6.18 Å². The number of halogens is 3. The molecule has 0 saturated carbocycles. The minimum Gasteiger partial charge on any atom is -0.325 e. The molecule has 1 atom stereocenters. The molecule has 2 nitrogen and oxygen atoms in total. The summed E-state index contributed by atoms with van der Waals surface area (Å²) in [7, 11) is 0. The molecule has 0 aliphatic carbocycles. The summed E-state index contributed by atoms with van der Waals surface area (Å²) in [5.74, 6) is -0.380. The van der Waals surface area contributed by atoms with E-state index in [-0.39, 0.29) is 11.6 Å². The van der Waals surface area contributed by atoms with Gasteiger partial charge in [-0.2, -0.15) is 13.2 Å². The summed E-state index contributed by atoms with van der Waals surface area (Å²) in [5, 5.41) is 2.02. The molecule has 0 aromatic heterocycles. The zero-order chi connectivity index (χ0) is 19.3. The Balaban J connectivity index is 1.85. The zero-order valence-corrected chi connectivity index (χ0v) is 14.9. The molecule has 138 valence electrons. The van der Waals surface area contributed by atoms with Gasteiger partial charge in [0.15, 0.2) is 0 Å². The first-order valence-corrected chi connectivity index (χ1v) is 9.06. The van der Waals surface area contributed by atoms with Crippen LogP contribution in [0.3, 0.4) is 0 Å². The van der Waals surface area contributed by atoms with Crippen molar-refractivity contribution >= 4 is 23.4 Å². The summed E-state index contributed by atoms with van der Waals surface area (Å²) in [4.78, 5) is 13.8. The molecule has 0 saturated heterocycles. The van der Waals surface area contributed by atoms with Crippen LogP contribution in [0.4, 0.5) is 18.9 Å². The summed E-state index contributed by atoms with van der Waals surface area (Å²) >= 11 is 1.34. The van der Waals surface area contributed by atoms with Crippen molar-refractivity contribution in [2.24, 2.45) is 0 Å².